The summed E-state index contributed by atoms with van der Waals surface area (Å²) in [6.45, 7) is 3.34. The van der Waals surface area contributed by atoms with Crippen LogP contribution in [-0.2, 0) is 18.4 Å². The number of hydrogen-bond donors (Lipinski definition) is 1. The van der Waals surface area contributed by atoms with Crippen LogP contribution >= 0.6 is 0 Å². The smallest absolute Gasteiger partial charge is 0.0965 e. The molecule has 0 saturated carbocycles. The second-order valence-corrected chi connectivity index (χ2v) is 9.01. The van der Waals surface area contributed by atoms with E-state index in [0.717, 1.165) is 31.5 Å². The van der Waals surface area contributed by atoms with Gasteiger partial charge in [0.15, 0.2) is 0 Å². The van der Waals surface area contributed by atoms with Crippen molar-refractivity contribution in [2.75, 3.05) is 19.6 Å². The fourth-order valence-electron chi connectivity index (χ4n) is 5.06. The molecule has 1 aliphatic rings. The number of aliphatic hydroxyl groups is 1. The van der Waals surface area contributed by atoms with Crippen LogP contribution in [0.5, 0.6) is 0 Å². The lowest BCUT2D eigenvalue weighted by Gasteiger charge is -2.42. The van der Waals surface area contributed by atoms with Crippen molar-refractivity contribution in [2.45, 2.75) is 44.1 Å². The van der Waals surface area contributed by atoms with Crippen molar-refractivity contribution in [3.05, 3.63) is 108 Å². The van der Waals surface area contributed by atoms with Crippen molar-refractivity contribution < 1.29 is 5.11 Å². The third-order valence-electron chi connectivity index (χ3n) is 6.89. The molecule has 3 aromatic carbocycles. The predicted octanol–water partition coefficient (Wildman–Crippen LogP) is 5.85. The van der Waals surface area contributed by atoms with Crippen molar-refractivity contribution in [3.8, 4) is 0 Å². The van der Waals surface area contributed by atoms with E-state index in [0.29, 0.717) is 6.42 Å². The Kier molecular flexibility index (Phi) is 7.56. The Morgan fingerprint density at radius 2 is 1.26 bits per heavy atom. The molecular weight excluding hydrogens is 378 g/mol. The summed E-state index contributed by atoms with van der Waals surface area (Å²) < 4.78 is 0. The normalized spacial score (nSPS) is 17.3. The molecule has 0 amide bonds. The molecule has 2 heteroatoms. The van der Waals surface area contributed by atoms with E-state index >= 15 is 0 Å². The molecule has 0 radical (unpaired) electrons. The number of aryl methyl sites for hydroxylation is 1. The van der Waals surface area contributed by atoms with E-state index in [1.54, 1.807) is 0 Å². The molecule has 162 valence electrons. The van der Waals surface area contributed by atoms with E-state index in [2.05, 4.69) is 71.6 Å². The lowest BCUT2D eigenvalue weighted by Crippen LogP contribution is -2.45. The molecule has 0 aliphatic carbocycles. The molecule has 0 bridgehead atoms. The zero-order valence-electron chi connectivity index (χ0n) is 18.5. The summed E-state index contributed by atoms with van der Waals surface area (Å²) in [7, 11) is 0. The molecule has 1 aliphatic heterocycles. The van der Waals surface area contributed by atoms with Crippen molar-refractivity contribution in [2.24, 2.45) is 5.92 Å². The fourth-order valence-corrected chi connectivity index (χ4v) is 5.06. The van der Waals surface area contributed by atoms with Gasteiger partial charge in [-0.05, 0) is 74.3 Å². The summed E-state index contributed by atoms with van der Waals surface area (Å²) in [5.41, 5.74) is 2.90. The largest absolute Gasteiger partial charge is 0.385 e. The van der Waals surface area contributed by atoms with Gasteiger partial charge in [-0.3, -0.25) is 0 Å². The third kappa shape index (κ3) is 5.84. The Hall–Kier alpha value is -2.42. The molecule has 0 spiro atoms. The standard InChI is InChI=1S/C29H35NO/c31-29(27-17-8-3-9-18-27,24-26-15-6-2-7-16-26)28-19-22-30(23-20-28)21-11-10-14-25-12-4-1-5-13-25/h1-9,12-13,15-18,28,31H,10-11,14,19-24H2. The Labute approximate surface area is 187 Å². The van der Waals surface area contributed by atoms with Gasteiger partial charge >= 0.3 is 0 Å². The summed E-state index contributed by atoms with van der Waals surface area (Å²) in [5, 5.41) is 12.0. The monoisotopic (exact) mass is 413 g/mol. The molecule has 3 aromatic rings. The predicted molar refractivity (Wildman–Crippen MR) is 129 cm³/mol. The highest BCUT2D eigenvalue weighted by atomic mass is 16.3. The summed E-state index contributed by atoms with van der Waals surface area (Å²) in [6.07, 6.45) is 6.44. The molecule has 1 fully saturated rings. The van der Waals surface area contributed by atoms with E-state index in [9.17, 15) is 5.11 Å². The maximum absolute atomic E-state index is 12.0. The fraction of sp³-hybridized carbons (Fsp3) is 0.379. The molecule has 0 aromatic heterocycles. The minimum Gasteiger partial charge on any atom is -0.385 e. The van der Waals surface area contributed by atoms with E-state index in [4.69, 9.17) is 0 Å². The first-order valence-electron chi connectivity index (χ1n) is 11.8. The number of unbranched alkanes of at least 4 members (excludes halogenated alkanes) is 1. The maximum Gasteiger partial charge on any atom is 0.0965 e. The molecule has 2 nitrogen and oxygen atoms in total. The molecule has 1 saturated heterocycles. The summed E-state index contributed by atoms with van der Waals surface area (Å²) >= 11 is 0. The lowest BCUT2D eigenvalue weighted by atomic mass is 9.73. The van der Waals surface area contributed by atoms with Gasteiger partial charge in [0.25, 0.3) is 0 Å². The minimum absolute atomic E-state index is 0.288. The van der Waals surface area contributed by atoms with Crippen LogP contribution in [0, 0.1) is 5.92 Å². The van der Waals surface area contributed by atoms with Crippen molar-refractivity contribution in [1.29, 1.82) is 0 Å². The van der Waals surface area contributed by atoms with Gasteiger partial charge in [-0.2, -0.15) is 0 Å². The van der Waals surface area contributed by atoms with Gasteiger partial charge in [-0.25, -0.2) is 0 Å². The van der Waals surface area contributed by atoms with Crippen molar-refractivity contribution in [3.63, 3.8) is 0 Å². The first kappa shape index (κ1) is 21.8. The molecule has 31 heavy (non-hydrogen) atoms. The molecular formula is C29H35NO. The van der Waals surface area contributed by atoms with E-state index in [1.165, 1.54) is 36.9 Å². The van der Waals surface area contributed by atoms with Gasteiger partial charge in [0.2, 0.25) is 0 Å². The molecule has 1 atom stereocenters. The van der Waals surface area contributed by atoms with Crippen LogP contribution in [0.4, 0.5) is 0 Å². The highest BCUT2D eigenvalue weighted by molar-refractivity contribution is 5.28. The Morgan fingerprint density at radius 1 is 0.710 bits per heavy atom. The highest BCUT2D eigenvalue weighted by Crippen LogP contribution is 2.39. The Balaban J connectivity index is 1.33. The Morgan fingerprint density at radius 3 is 1.87 bits per heavy atom. The topological polar surface area (TPSA) is 23.5 Å². The van der Waals surface area contributed by atoms with Crippen LogP contribution in [0.25, 0.3) is 0 Å². The van der Waals surface area contributed by atoms with Gasteiger partial charge < -0.3 is 10.0 Å². The van der Waals surface area contributed by atoms with E-state index < -0.39 is 5.60 Å². The zero-order chi connectivity index (χ0) is 21.4. The van der Waals surface area contributed by atoms with Crippen LogP contribution in [0.1, 0.15) is 42.4 Å². The molecule has 1 unspecified atom stereocenters. The summed E-state index contributed by atoms with van der Waals surface area (Å²) in [5.74, 6) is 0.288. The number of rotatable bonds is 9. The maximum atomic E-state index is 12.0. The van der Waals surface area contributed by atoms with Crippen LogP contribution in [0.15, 0.2) is 91.0 Å². The first-order valence-corrected chi connectivity index (χ1v) is 11.8. The quantitative estimate of drug-likeness (QED) is 0.445. The van der Waals surface area contributed by atoms with E-state index in [1.807, 2.05) is 24.3 Å². The van der Waals surface area contributed by atoms with Gasteiger partial charge in [0, 0.05) is 6.42 Å². The Bertz CT molecular complexity index is 888. The third-order valence-corrected chi connectivity index (χ3v) is 6.89. The second kappa shape index (κ2) is 10.7. The van der Waals surface area contributed by atoms with Crippen molar-refractivity contribution >= 4 is 0 Å². The van der Waals surface area contributed by atoms with Gasteiger partial charge in [-0.15, -0.1) is 0 Å². The number of likely N-dealkylation sites (tertiary alicyclic amines) is 1. The minimum atomic E-state index is -0.804. The number of nitrogens with zero attached hydrogens (tertiary/aromatic N) is 1. The highest BCUT2D eigenvalue weighted by Gasteiger charge is 2.40. The zero-order valence-corrected chi connectivity index (χ0v) is 18.5. The van der Waals surface area contributed by atoms with Crippen molar-refractivity contribution in [1.82, 2.24) is 4.90 Å². The average molecular weight is 414 g/mol. The second-order valence-electron chi connectivity index (χ2n) is 9.01. The molecule has 4 rings (SSSR count). The SMILES string of the molecule is OC(Cc1ccccc1)(c1ccccc1)C1CCN(CCCCc2ccccc2)CC1. The van der Waals surface area contributed by atoms with Crippen LogP contribution in [0.3, 0.4) is 0 Å². The first-order chi connectivity index (χ1) is 15.2. The number of benzene rings is 3. The van der Waals surface area contributed by atoms with Gasteiger partial charge in [0.1, 0.15) is 0 Å². The average Bonchev–Trinajstić information content (AvgIpc) is 2.84. The molecule has 1 heterocycles. The number of hydrogen-bond acceptors (Lipinski definition) is 2. The van der Waals surface area contributed by atoms with Crippen LogP contribution in [-0.4, -0.2) is 29.6 Å². The lowest BCUT2D eigenvalue weighted by molar-refractivity contribution is -0.0486. The van der Waals surface area contributed by atoms with Gasteiger partial charge in [-0.1, -0.05) is 91.0 Å². The van der Waals surface area contributed by atoms with Gasteiger partial charge in [0.05, 0.1) is 5.60 Å². The van der Waals surface area contributed by atoms with E-state index in [-0.39, 0.29) is 5.92 Å². The summed E-state index contributed by atoms with van der Waals surface area (Å²) in [6, 6.07) is 31.6. The van der Waals surface area contributed by atoms with Crippen LogP contribution < -0.4 is 0 Å². The molecule has 1 N–H and O–H groups in total. The summed E-state index contributed by atoms with van der Waals surface area (Å²) in [4.78, 5) is 2.59. The number of piperidine rings is 1. The van der Waals surface area contributed by atoms with Crippen LogP contribution in [0.2, 0.25) is 0 Å².